The van der Waals surface area contributed by atoms with Crippen LogP contribution in [0.2, 0.25) is 0 Å². The van der Waals surface area contributed by atoms with Crippen molar-refractivity contribution in [2.45, 2.75) is 26.7 Å². The summed E-state index contributed by atoms with van der Waals surface area (Å²) in [5.41, 5.74) is 0. The van der Waals surface area contributed by atoms with Crippen LogP contribution in [0.5, 0.6) is 0 Å². The number of rotatable bonds is 7. The normalized spacial score (nSPS) is 10.2. The van der Waals surface area contributed by atoms with E-state index in [1.165, 1.54) is 24.3 Å². The third-order valence-electron chi connectivity index (χ3n) is 0.699. The zero-order chi connectivity index (χ0) is 7.66. The first kappa shape index (κ1) is 11.4. The molecule has 0 rings (SSSR count). The van der Waals surface area contributed by atoms with Crippen LogP contribution in [0, 0.1) is 0 Å². The lowest BCUT2D eigenvalue weighted by molar-refractivity contribution is 1.11. The fourth-order valence-electron chi connectivity index (χ4n) is 0.274. The van der Waals surface area contributed by atoms with Crippen molar-refractivity contribution in [2.75, 3.05) is 11.5 Å². The molecule has 4 heteroatoms. The highest BCUT2D eigenvalue weighted by Gasteiger charge is 1.89. The molecule has 0 bridgehead atoms. The maximum Gasteiger partial charge on any atom is 0.00427 e. The summed E-state index contributed by atoms with van der Waals surface area (Å²) in [7, 11) is 7.75. The molecule has 0 aromatic rings. The molecule has 0 unspecified atom stereocenters. The molecule has 0 nitrogen and oxygen atoms in total. The van der Waals surface area contributed by atoms with Crippen molar-refractivity contribution in [3.05, 3.63) is 0 Å². The third kappa shape index (κ3) is 9.40. The van der Waals surface area contributed by atoms with Gasteiger partial charge in [-0.3, -0.25) is 0 Å². The molecule has 0 atom stereocenters. The fourth-order valence-corrected chi connectivity index (χ4v) is 6.52. The van der Waals surface area contributed by atoms with Crippen molar-refractivity contribution in [1.82, 2.24) is 0 Å². The van der Waals surface area contributed by atoms with E-state index < -0.39 is 0 Å². The van der Waals surface area contributed by atoms with Gasteiger partial charge < -0.3 is 0 Å². The van der Waals surface area contributed by atoms with Gasteiger partial charge in [0.2, 0.25) is 0 Å². The highest BCUT2D eigenvalue weighted by Crippen LogP contribution is 2.43. The highest BCUT2D eigenvalue weighted by atomic mass is 33.7. The maximum atomic E-state index is 2.22. The summed E-state index contributed by atoms with van der Waals surface area (Å²) in [6.07, 6.45) is 2.58. The first-order valence-electron chi connectivity index (χ1n) is 3.49. The predicted molar refractivity (Wildman–Crippen MR) is 60.7 cm³/mol. The Balaban J connectivity index is 2.65. The summed E-state index contributed by atoms with van der Waals surface area (Å²) in [5.74, 6) is 2.56. The van der Waals surface area contributed by atoms with Gasteiger partial charge in [-0.15, -0.1) is 0 Å². The summed E-state index contributed by atoms with van der Waals surface area (Å²) < 4.78 is 0. The first-order valence-corrected chi connectivity index (χ1v) is 8.65. The van der Waals surface area contributed by atoms with Gasteiger partial charge in [-0.25, -0.2) is 0 Å². The molecule has 62 valence electrons. The zero-order valence-electron chi connectivity index (χ0n) is 6.46. The lowest BCUT2D eigenvalue weighted by Crippen LogP contribution is -1.66. The van der Waals surface area contributed by atoms with Gasteiger partial charge in [0, 0.05) is 11.5 Å². The van der Waals surface area contributed by atoms with E-state index in [2.05, 4.69) is 13.8 Å². The van der Waals surface area contributed by atoms with E-state index in [-0.39, 0.29) is 0 Å². The molecule has 0 aromatic heterocycles. The molecule has 0 aliphatic rings. The van der Waals surface area contributed by atoms with E-state index >= 15 is 0 Å². The molecular weight excluding hydrogens is 200 g/mol. The van der Waals surface area contributed by atoms with E-state index in [9.17, 15) is 0 Å². The standard InChI is InChI=1S/C6H14S4/c1-3-5-7-9-10-8-6-4-2/h3-6H2,1-2H3. The minimum Gasteiger partial charge on any atom is -0.0817 e. The van der Waals surface area contributed by atoms with Gasteiger partial charge in [0.25, 0.3) is 0 Å². The largest absolute Gasteiger partial charge is 0.0817 e. The summed E-state index contributed by atoms with van der Waals surface area (Å²) >= 11 is 0. The quantitative estimate of drug-likeness (QED) is 0.452. The second kappa shape index (κ2) is 10.4. The molecular formula is C6H14S4. The van der Waals surface area contributed by atoms with E-state index in [1.807, 2.05) is 41.2 Å². The topological polar surface area (TPSA) is 0 Å². The molecule has 0 amide bonds. The van der Waals surface area contributed by atoms with Gasteiger partial charge in [-0.1, -0.05) is 35.4 Å². The highest BCUT2D eigenvalue weighted by molar-refractivity contribution is 9.26. The molecule has 0 heterocycles. The van der Waals surface area contributed by atoms with Gasteiger partial charge in [0.15, 0.2) is 0 Å². The van der Waals surface area contributed by atoms with Gasteiger partial charge in [-0.05, 0) is 32.5 Å². The second-order valence-corrected chi connectivity index (χ2v) is 8.02. The van der Waals surface area contributed by atoms with Crippen molar-refractivity contribution in [2.24, 2.45) is 0 Å². The summed E-state index contributed by atoms with van der Waals surface area (Å²) in [6.45, 7) is 4.44. The van der Waals surface area contributed by atoms with E-state index in [1.54, 1.807) is 0 Å². The zero-order valence-corrected chi connectivity index (χ0v) is 9.73. The molecule has 0 radical (unpaired) electrons. The first-order chi connectivity index (χ1) is 4.91. The number of hydrogen-bond donors (Lipinski definition) is 0. The van der Waals surface area contributed by atoms with E-state index in [0.717, 1.165) is 0 Å². The van der Waals surface area contributed by atoms with Gasteiger partial charge in [0.05, 0.1) is 0 Å². The van der Waals surface area contributed by atoms with Crippen LogP contribution < -0.4 is 0 Å². The van der Waals surface area contributed by atoms with Crippen molar-refractivity contribution < 1.29 is 0 Å². The van der Waals surface area contributed by atoms with Crippen LogP contribution in [0.15, 0.2) is 0 Å². The Kier molecular flexibility index (Phi) is 11.9. The minimum absolute atomic E-state index is 1.28. The van der Waals surface area contributed by atoms with Crippen LogP contribution in [-0.4, -0.2) is 11.5 Å². The Hall–Kier alpha value is 1.40. The molecule has 0 saturated carbocycles. The van der Waals surface area contributed by atoms with Gasteiger partial charge >= 0.3 is 0 Å². The summed E-state index contributed by atoms with van der Waals surface area (Å²) in [6, 6.07) is 0. The van der Waals surface area contributed by atoms with Crippen LogP contribution >= 0.6 is 41.2 Å². The minimum atomic E-state index is 1.28. The van der Waals surface area contributed by atoms with Crippen LogP contribution in [0.4, 0.5) is 0 Å². The maximum absolute atomic E-state index is 2.22. The van der Waals surface area contributed by atoms with E-state index in [4.69, 9.17) is 0 Å². The summed E-state index contributed by atoms with van der Waals surface area (Å²) in [4.78, 5) is 0. The Morgan fingerprint density at radius 1 is 0.800 bits per heavy atom. The number of hydrogen-bond acceptors (Lipinski definition) is 4. The average molecular weight is 214 g/mol. The van der Waals surface area contributed by atoms with Crippen molar-refractivity contribution in [3.63, 3.8) is 0 Å². The van der Waals surface area contributed by atoms with Crippen molar-refractivity contribution in [1.29, 1.82) is 0 Å². The Labute approximate surface area is 79.3 Å². The lowest BCUT2D eigenvalue weighted by Gasteiger charge is -1.95. The Bertz CT molecular complexity index is 49.7. The van der Waals surface area contributed by atoms with Crippen LogP contribution in [0.3, 0.4) is 0 Å². The van der Waals surface area contributed by atoms with Gasteiger partial charge in [0.1, 0.15) is 0 Å². The molecule has 0 spiro atoms. The van der Waals surface area contributed by atoms with Crippen molar-refractivity contribution in [3.8, 4) is 0 Å². The lowest BCUT2D eigenvalue weighted by atomic mass is 10.6. The second-order valence-electron chi connectivity index (χ2n) is 1.78. The monoisotopic (exact) mass is 214 g/mol. The molecule has 0 saturated heterocycles. The SMILES string of the molecule is CCCSSSSCCC. The van der Waals surface area contributed by atoms with Crippen LogP contribution in [0.1, 0.15) is 26.7 Å². The van der Waals surface area contributed by atoms with Crippen LogP contribution in [0.25, 0.3) is 0 Å². The van der Waals surface area contributed by atoms with Crippen molar-refractivity contribution >= 4 is 41.2 Å². The molecule has 0 N–H and O–H groups in total. The summed E-state index contributed by atoms with van der Waals surface area (Å²) in [5, 5.41) is 0. The molecule has 0 fully saturated rings. The van der Waals surface area contributed by atoms with Gasteiger partial charge in [-0.2, -0.15) is 0 Å². The fraction of sp³-hybridized carbons (Fsp3) is 1.00. The van der Waals surface area contributed by atoms with Crippen LogP contribution in [-0.2, 0) is 0 Å². The average Bonchev–Trinajstić information content (AvgIpc) is 1.97. The molecule has 10 heavy (non-hydrogen) atoms. The Morgan fingerprint density at radius 2 is 1.20 bits per heavy atom. The smallest absolute Gasteiger partial charge is 0.00427 e. The Morgan fingerprint density at radius 3 is 1.50 bits per heavy atom. The molecule has 0 aromatic carbocycles. The third-order valence-corrected chi connectivity index (χ3v) is 7.57. The predicted octanol–water partition coefficient (Wildman–Crippen LogP) is 4.48. The molecule has 0 aliphatic heterocycles. The molecule has 0 aliphatic carbocycles. The van der Waals surface area contributed by atoms with E-state index in [0.29, 0.717) is 0 Å².